The van der Waals surface area contributed by atoms with E-state index >= 15 is 0 Å². The quantitative estimate of drug-likeness (QED) is 0.795. The van der Waals surface area contributed by atoms with Gasteiger partial charge in [-0.3, -0.25) is 0 Å². The third kappa shape index (κ3) is 2.45. The van der Waals surface area contributed by atoms with Crippen LogP contribution in [-0.2, 0) is 10.0 Å². The molecule has 1 fully saturated rings. The smallest absolute Gasteiger partial charge is 0.245 e. The monoisotopic (exact) mass is 366 g/mol. The van der Waals surface area contributed by atoms with E-state index in [0.717, 1.165) is 16.4 Å². The number of rotatable bonds is 3. The van der Waals surface area contributed by atoms with Gasteiger partial charge in [0.05, 0.1) is 15.8 Å². The first kappa shape index (κ1) is 15.7. The molecule has 1 heterocycles. The van der Waals surface area contributed by atoms with Gasteiger partial charge in [0, 0.05) is 13.1 Å². The second kappa shape index (κ2) is 4.94. The Morgan fingerprint density at radius 2 is 2.00 bits per heavy atom. The first-order valence-electron chi connectivity index (χ1n) is 6.05. The Balaban J connectivity index is 2.32. The summed E-state index contributed by atoms with van der Waals surface area (Å²) in [6, 6.07) is 2.11. The highest BCUT2D eigenvalue weighted by Crippen LogP contribution is 2.36. The van der Waals surface area contributed by atoms with E-state index in [1.807, 2.05) is 13.8 Å². The minimum absolute atomic E-state index is 0.0153. The van der Waals surface area contributed by atoms with Crippen molar-refractivity contribution in [1.29, 1.82) is 0 Å². The van der Waals surface area contributed by atoms with Crippen molar-refractivity contribution < 1.29 is 17.9 Å². The third-order valence-electron chi connectivity index (χ3n) is 3.65. The summed E-state index contributed by atoms with van der Waals surface area (Å²) in [5, 5.41) is 10.1. The number of nitrogens with two attached hydrogens (primary N) is 1. The number of nitrogen functional groups attached to an aromatic ring is 1. The molecule has 0 saturated carbocycles. The van der Waals surface area contributed by atoms with Crippen LogP contribution in [0.15, 0.2) is 21.5 Å². The number of sulfonamides is 1. The van der Waals surface area contributed by atoms with Crippen molar-refractivity contribution >= 4 is 31.6 Å². The molecule has 1 saturated heterocycles. The van der Waals surface area contributed by atoms with Gasteiger partial charge in [-0.05, 0) is 34.0 Å². The van der Waals surface area contributed by atoms with Crippen molar-refractivity contribution in [3.8, 4) is 0 Å². The number of halogens is 2. The average Bonchev–Trinajstić information content (AvgIpc) is 2.29. The second-order valence-electron chi connectivity index (χ2n) is 5.34. The summed E-state index contributed by atoms with van der Waals surface area (Å²) in [5.74, 6) is -0.671. The molecule has 1 aromatic carbocycles. The molecular formula is C12H16BrFN2O3S. The summed E-state index contributed by atoms with van der Waals surface area (Å²) in [7, 11) is -3.83. The van der Waals surface area contributed by atoms with Crippen LogP contribution in [0.2, 0.25) is 0 Å². The van der Waals surface area contributed by atoms with Crippen molar-refractivity contribution in [3.63, 3.8) is 0 Å². The van der Waals surface area contributed by atoms with Gasteiger partial charge >= 0.3 is 0 Å². The zero-order chi connectivity index (χ0) is 15.3. The van der Waals surface area contributed by atoms with Gasteiger partial charge in [-0.25, -0.2) is 12.8 Å². The highest BCUT2D eigenvalue weighted by Gasteiger charge is 2.49. The molecule has 8 heteroatoms. The van der Waals surface area contributed by atoms with Crippen molar-refractivity contribution in [2.75, 3.05) is 18.8 Å². The van der Waals surface area contributed by atoms with Gasteiger partial charge in [0.25, 0.3) is 0 Å². The molecule has 1 aromatic rings. The number of β-amino-alcohol motifs (C(OH)–C–C–N with tert-alkyl or cyclic N) is 1. The minimum Gasteiger partial charge on any atom is -0.398 e. The van der Waals surface area contributed by atoms with E-state index in [2.05, 4.69) is 15.9 Å². The van der Waals surface area contributed by atoms with Crippen LogP contribution in [0.25, 0.3) is 0 Å². The fourth-order valence-electron chi connectivity index (χ4n) is 2.01. The van der Waals surface area contributed by atoms with E-state index in [1.54, 1.807) is 0 Å². The van der Waals surface area contributed by atoms with Crippen molar-refractivity contribution in [2.24, 2.45) is 5.92 Å². The first-order valence-corrected chi connectivity index (χ1v) is 8.28. The molecule has 0 atom stereocenters. The SMILES string of the molecule is CC(C)C1(O)CN(S(=O)(=O)c2cc(Br)c(F)cc2N)C1. The lowest BCUT2D eigenvalue weighted by molar-refractivity contribution is -0.0932. The fraction of sp³-hybridized carbons (Fsp3) is 0.500. The summed E-state index contributed by atoms with van der Waals surface area (Å²) >= 11 is 2.94. The van der Waals surface area contributed by atoms with Crippen LogP contribution in [0.4, 0.5) is 10.1 Å². The molecule has 0 aliphatic carbocycles. The molecule has 0 aromatic heterocycles. The molecule has 5 nitrogen and oxygen atoms in total. The predicted octanol–water partition coefficient (Wildman–Crippen LogP) is 1.56. The number of nitrogens with zero attached hydrogens (tertiary/aromatic N) is 1. The molecule has 1 aliphatic heterocycles. The molecule has 0 bridgehead atoms. The van der Waals surface area contributed by atoms with Crippen LogP contribution in [0.3, 0.4) is 0 Å². The Bertz CT molecular complexity index is 642. The number of anilines is 1. The van der Waals surface area contributed by atoms with Gasteiger partial charge in [-0.1, -0.05) is 13.8 Å². The molecule has 0 amide bonds. The van der Waals surface area contributed by atoms with Gasteiger partial charge in [-0.2, -0.15) is 4.31 Å². The van der Waals surface area contributed by atoms with Crippen molar-refractivity contribution in [1.82, 2.24) is 4.31 Å². The Morgan fingerprint density at radius 1 is 1.45 bits per heavy atom. The van der Waals surface area contributed by atoms with Gasteiger partial charge in [0.1, 0.15) is 10.7 Å². The molecule has 112 valence electrons. The summed E-state index contributed by atoms with van der Waals surface area (Å²) in [4.78, 5) is -0.156. The molecule has 1 aliphatic rings. The molecular weight excluding hydrogens is 351 g/mol. The highest BCUT2D eigenvalue weighted by molar-refractivity contribution is 9.10. The van der Waals surface area contributed by atoms with Crippen LogP contribution in [0, 0.1) is 11.7 Å². The van der Waals surface area contributed by atoms with Gasteiger partial charge in [0.15, 0.2) is 0 Å². The second-order valence-corrected chi connectivity index (χ2v) is 8.10. The molecule has 2 rings (SSSR count). The van der Waals surface area contributed by atoms with Gasteiger partial charge in [-0.15, -0.1) is 0 Å². The minimum atomic E-state index is -3.83. The van der Waals surface area contributed by atoms with E-state index in [9.17, 15) is 17.9 Å². The highest BCUT2D eigenvalue weighted by atomic mass is 79.9. The standard InChI is InChI=1S/C12H16BrFN2O3S/c1-7(2)12(17)5-16(6-12)20(18,19)11-3-8(13)9(14)4-10(11)15/h3-4,7,17H,5-6,15H2,1-2H3. The topological polar surface area (TPSA) is 83.6 Å². The largest absolute Gasteiger partial charge is 0.398 e. The zero-order valence-electron chi connectivity index (χ0n) is 11.1. The van der Waals surface area contributed by atoms with Crippen LogP contribution >= 0.6 is 15.9 Å². The number of hydrogen-bond donors (Lipinski definition) is 2. The molecule has 0 radical (unpaired) electrons. The summed E-state index contributed by atoms with van der Waals surface area (Å²) < 4.78 is 39.3. The van der Waals surface area contributed by atoms with Crippen LogP contribution < -0.4 is 5.73 Å². The van der Waals surface area contributed by atoms with Crippen molar-refractivity contribution in [3.05, 3.63) is 22.4 Å². The lowest BCUT2D eigenvalue weighted by Gasteiger charge is -2.47. The molecule has 0 spiro atoms. The van der Waals surface area contributed by atoms with E-state index in [1.165, 1.54) is 0 Å². The van der Waals surface area contributed by atoms with Crippen LogP contribution in [-0.4, -0.2) is 36.5 Å². The Hall–Kier alpha value is -0.700. The maximum absolute atomic E-state index is 13.3. The molecule has 3 N–H and O–H groups in total. The molecule has 0 unspecified atom stereocenters. The van der Waals surface area contributed by atoms with E-state index in [-0.39, 0.29) is 34.1 Å². The normalized spacial score (nSPS) is 19.1. The Morgan fingerprint density at radius 3 is 2.50 bits per heavy atom. The third-order valence-corrected chi connectivity index (χ3v) is 6.10. The average molecular weight is 367 g/mol. The summed E-state index contributed by atoms with van der Waals surface area (Å²) in [6.45, 7) is 3.68. The summed E-state index contributed by atoms with van der Waals surface area (Å²) in [5.41, 5.74) is 4.43. The fourth-order valence-corrected chi connectivity index (χ4v) is 4.19. The zero-order valence-corrected chi connectivity index (χ0v) is 13.5. The van der Waals surface area contributed by atoms with Gasteiger partial charge in [0.2, 0.25) is 10.0 Å². The number of aliphatic hydroxyl groups is 1. The predicted molar refractivity (Wildman–Crippen MR) is 77.1 cm³/mol. The lowest BCUT2D eigenvalue weighted by Crippen LogP contribution is -2.65. The first-order chi connectivity index (χ1) is 9.08. The van der Waals surface area contributed by atoms with E-state index in [4.69, 9.17) is 5.73 Å². The Kier molecular flexibility index (Phi) is 3.87. The Labute approximate surface area is 125 Å². The summed E-state index contributed by atoms with van der Waals surface area (Å²) in [6.07, 6.45) is 0. The maximum Gasteiger partial charge on any atom is 0.245 e. The molecule has 20 heavy (non-hydrogen) atoms. The van der Waals surface area contributed by atoms with Gasteiger partial charge < -0.3 is 10.8 Å². The van der Waals surface area contributed by atoms with Crippen LogP contribution in [0.5, 0.6) is 0 Å². The lowest BCUT2D eigenvalue weighted by atomic mass is 9.85. The van der Waals surface area contributed by atoms with Crippen molar-refractivity contribution in [2.45, 2.75) is 24.3 Å². The van der Waals surface area contributed by atoms with E-state index in [0.29, 0.717) is 0 Å². The van der Waals surface area contributed by atoms with Crippen LogP contribution in [0.1, 0.15) is 13.8 Å². The number of hydrogen-bond acceptors (Lipinski definition) is 4. The number of benzene rings is 1. The van der Waals surface area contributed by atoms with E-state index < -0.39 is 21.4 Å². The maximum atomic E-state index is 13.3.